The Morgan fingerprint density at radius 2 is 1.97 bits per heavy atom. The number of carbonyl (C=O) groups is 1. The number of nitrogens with zero attached hydrogens (tertiary/aromatic N) is 6. The van der Waals surface area contributed by atoms with Gasteiger partial charge in [-0.2, -0.15) is 0 Å². The third-order valence-corrected chi connectivity index (χ3v) is 6.48. The molecular formula is C23H34N6O. The predicted molar refractivity (Wildman–Crippen MR) is 118 cm³/mol. The number of aromatic nitrogens is 3. The SMILES string of the molecule is CCn1ccnc1CN1CCC[C@H](CCC(=O)N2CCN(c3ccccn3)CC2)C1. The first-order valence-electron chi connectivity index (χ1n) is 11.4. The second kappa shape index (κ2) is 10.1. The number of hydrogen-bond acceptors (Lipinski definition) is 5. The number of piperidine rings is 1. The van der Waals surface area contributed by atoms with Crippen LogP contribution in [0.2, 0.25) is 0 Å². The molecule has 2 saturated heterocycles. The Morgan fingerprint density at radius 3 is 2.73 bits per heavy atom. The number of amides is 1. The molecule has 2 aliphatic rings. The van der Waals surface area contributed by atoms with Crippen LogP contribution in [-0.2, 0) is 17.9 Å². The average molecular weight is 411 g/mol. The Morgan fingerprint density at radius 1 is 1.10 bits per heavy atom. The van der Waals surface area contributed by atoms with Gasteiger partial charge in [-0.05, 0) is 50.8 Å². The summed E-state index contributed by atoms with van der Waals surface area (Å²) in [4.78, 5) is 28.5. The molecule has 1 amide bonds. The van der Waals surface area contributed by atoms with Gasteiger partial charge in [0.15, 0.2) is 0 Å². The third-order valence-electron chi connectivity index (χ3n) is 6.48. The molecule has 7 heteroatoms. The number of anilines is 1. The number of aryl methyl sites for hydroxylation is 1. The smallest absolute Gasteiger partial charge is 0.222 e. The summed E-state index contributed by atoms with van der Waals surface area (Å²) in [6.07, 6.45) is 9.91. The molecule has 0 bridgehead atoms. The minimum Gasteiger partial charge on any atom is -0.353 e. The van der Waals surface area contributed by atoms with Crippen molar-refractivity contribution in [1.82, 2.24) is 24.3 Å². The molecule has 0 radical (unpaired) electrons. The van der Waals surface area contributed by atoms with Crippen LogP contribution in [0.15, 0.2) is 36.8 Å². The molecule has 2 aromatic rings. The zero-order chi connectivity index (χ0) is 20.8. The lowest BCUT2D eigenvalue weighted by Crippen LogP contribution is -2.49. The van der Waals surface area contributed by atoms with Crippen LogP contribution in [0.1, 0.15) is 38.4 Å². The number of piperazine rings is 1. The molecule has 0 aliphatic carbocycles. The predicted octanol–water partition coefficient (Wildman–Crippen LogP) is 2.64. The summed E-state index contributed by atoms with van der Waals surface area (Å²) in [6.45, 7) is 9.58. The molecule has 0 unspecified atom stereocenters. The van der Waals surface area contributed by atoms with Gasteiger partial charge in [0.05, 0.1) is 6.54 Å². The van der Waals surface area contributed by atoms with Gasteiger partial charge in [-0.25, -0.2) is 9.97 Å². The van der Waals surface area contributed by atoms with Crippen molar-refractivity contribution < 1.29 is 4.79 Å². The van der Waals surface area contributed by atoms with Crippen LogP contribution in [0, 0.1) is 5.92 Å². The maximum Gasteiger partial charge on any atom is 0.222 e. The molecular weight excluding hydrogens is 376 g/mol. The van der Waals surface area contributed by atoms with Crippen LogP contribution in [0.5, 0.6) is 0 Å². The first-order valence-corrected chi connectivity index (χ1v) is 11.4. The normalized spacial score (nSPS) is 20.5. The van der Waals surface area contributed by atoms with E-state index >= 15 is 0 Å². The molecule has 30 heavy (non-hydrogen) atoms. The van der Waals surface area contributed by atoms with Gasteiger partial charge in [0.25, 0.3) is 0 Å². The van der Waals surface area contributed by atoms with Gasteiger partial charge >= 0.3 is 0 Å². The van der Waals surface area contributed by atoms with Crippen molar-refractivity contribution in [2.45, 2.75) is 45.7 Å². The van der Waals surface area contributed by atoms with E-state index in [1.807, 2.05) is 35.5 Å². The second-order valence-electron chi connectivity index (χ2n) is 8.47. The molecule has 0 N–H and O–H groups in total. The highest BCUT2D eigenvalue weighted by molar-refractivity contribution is 5.76. The number of rotatable bonds is 7. The van der Waals surface area contributed by atoms with E-state index in [0.717, 1.165) is 70.4 Å². The minimum absolute atomic E-state index is 0.314. The van der Waals surface area contributed by atoms with Crippen molar-refractivity contribution >= 4 is 11.7 Å². The van der Waals surface area contributed by atoms with Crippen molar-refractivity contribution in [3.63, 3.8) is 0 Å². The maximum absolute atomic E-state index is 12.8. The van der Waals surface area contributed by atoms with E-state index in [1.165, 1.54) is 12.8 Å². The number of imidazole rings is 1. The number of carbonyl (C=O) groups excluding carboxylic acids is 1. The zero-order valence-corrected chi connectivity index (χ0v) is 18.1. The molecule has 0 saturated carbocycles. The third kappa shape index (κ3) is 5.19. The Bertz CT molecular complexity index is 799. The Balaban J connectivity index is 1.20. The van der Waals surface area contributed by atoms with E-state index in [2.05, 4.69) is 37.5 Å². The van der Waals surface area contributed by atoms with Crippen molar-refractivity contribution in [2.24, 2.45) is 5.92 Å². The topological polar surface area (TPSA) is 57.5 Å². The summed E-state index contributed by atoms with van der Waals surface area (Å²) >= 11 is 0. The van der Waals surface area contributed by atoms with Gasteiger partial charge in [0.1, 0.15) is 11.6 Å². The molecule has 0 spiro atoms. The van der Waals surface area contributed by atoms with Gasteiger partial charge in [-0.1, -0.05) is 6.07 Å². The quantitative estimate of drug-likeness (QED) is 0.702. The van der Waals surface area contributed by atoms with Crippen LogP contribution >= 0.6 is 0 Å². The lowest BCUT2D eigenvalue weighted by atomic mass is 9.93. The van der Waals surface area contributed by atoms with Crippen molar-refractivity contribution in [2.75, 3.05) is 44.2 Å². The Labute approximate surface area is 179 Å². The van der Waals surface area contributed by atoms with Crippen molar-refractivity contribution in [3.8, 4) is 0 Å². The molecule has 0 aromatic carbocycles. The standard InChI is InChI=1S/C23H34N6O/c1-2-27-13-11-25-22(27)19-26-12-5-6-20(18-26)8-9-23(30)29-16-14-28(15-17-29)21-7-3-4-10-24-21/h3-4,7,10-11,13,20H,2,5-6,8-9,12,14-19H2,1H3/t20-/m1/s1. The molecule has 2 fully saturated rings. The molecule has 2 aliphatic heterocycles. The van der Waals surface area contributed by atoms with Crippen molar-refractivity contribution in [1.29, 1.82) is 0 Å². The monoisotopic (exact) mass is 410 g/mol. The molecule has 7 nitrogen and oxygen atoms in total. The van der Waals surface area contributed by atoms with Crippen molar-refractivity contribution in [3.05, 3.63) is 42.6 Å². The number of pyridine rings is 1. The molecule has 4 rings (SSSR count). The van der Waals surface area contributed by atoms with Gasteiger partial charge in [0, 0.05) is 64.3 Å². The highest BCUT2D eigenvalue weighted by Gasteiger charge is 2.25. The fourth-order valence-corrected chi connectivity index (χ4v) is 4.72. The summed E-state index contributed by atoms with van der Waals surface area (Å²) in [5.74, 6) is 3.09. The van der Waals surface area contributed by atoms with Crippen LogP contribution < -0.4 is 4.90 Å². The average Bonchev–Trinajstić information content (AvgIpc) is 3.25. The lowest BCUT2D eigenvalue weighted by Gasteiger charge is -2.36. The fourth-order valence-electron chi connectivity index (χ4n) is 4.72. The molecule has 1 atom stereocenters. The van der Waals surface area contributed by atoms with Crippen LogP contribution in [0.3, 0.4) is 0 Å². The second-order valence-corrected chi connectivity index (χ2v) is 8.47. The summed E-state index contributed by atoms with van der Waals surface area (Å²) in [6, 6.07) is 6.00. The van der Waals surface area contributed by atoms with E-state index in [4.69, 9.17) is 0 Å². The van der Waals surface area contributed by atoms with E-state index in [9.17, 15) is 4.79 Å². The highest BCUT2D eigenvalue weighted by Crippen LogP contribution is 2.23. The van der Waals surface area contributed by atoms with E-state index < -0.39 is 0 Å². The van der Waals surface area contributed by atoms with Gasteiger partial charge in [0.2, 0.25) is 5.91 Å². The number of likely N-dealkylation sites (tertiary alicyclic amines) is 1. The zero-order valence-electron chi connectivity index (χ0n) is 18.1. The van der Waals surface area contributed by atoms with Gasteiger partial charge in [-0.3, -0.25) is 9.69 Å². The van der Waals surface area contributed by atoms with Gasteiger partial charge < -0.3 is 14.4 Å². The first-order chi connectivity index (χ1) is 14.7. The summed E-state index contributed by atoms with van der Waals surface area (Å²) in [5, 5.41) is 0. The first kappa shape index (κ1) is 20.8. The van der Waals surface area contributed by atoms with E-state index in [1.54, 1.807) is 0 Å². The largest absolute Gasteiger partial charge is 0.353 e. The number of hydrogen-bond donors (Lipinski definition) is 0. The van der Waals surface area contributed by atoms with Crippen LogP contribution in [0.4, 0.5) is 5.82 Å². The van der Waals surface area contributed by atoms with E-state index in [-0.39, 0.29) is 0 Å². The van der Waals surface area contributed by atoms with E-state index in [0.29, 0.717) is 18.2 Å². The lowest BCUT2D eigenvalue weighted by molar-refractivity contribution is -0.131. The summed E-state index contributed by atoms with van der Waals surface area (Å²) in [7, 11) is 0. The Kier molecular flexibility index (Phi) is 7.00. The maximum atomic E-state index is 12.8. The van der Waals surface area contributed by atoms with Gasteiger partial charge in [-0.15, -0.1) is 0 Å². The fraction of sp³-hybridized carbons (Fsp3) is 0.609. The molecule has 162 valence electrons. The highest BCUT2D eigenvalue weighted by atomic mass is 16.2. The van der Waals surface area contributed by atoms with Crippen LogP contribution in [-0.4, -0.2) is 69.5 Å². The Hall–Kier alpha value is -2.41. The summed E-state index contributed by atoms with van der Waals surface area (Å²) < 4.78 is 2.22. The molecule has 2 aromatic heterocycles. The minimum atomic E-state index is 0.314. The molecule has 4 heterocycles. The summed E-state index contributed by atoms with van der Waals surface area (Å²) in [5.41, 5.74) is 0. The van der Waals surface area contributed by atoms with Crippen LogP contribution in [0.25, 0.3) is 0 Å².